The van der Waals surface area contributed by atoms with Crippen molar-refractivity contribution in [3.05, 3.63) is 35.4 Å². The summed E-state index contributed by atoms with van der Waals surface area (Å²) in [6.45, 7) is 2.17. The maximum atomic E-state index is 11.4. The third-order valence-corrected chi connectivity index (χ3v) is 3.33. The zero-order valence-electron chi connectivity index (χ0n) is 11.1. The molecule has 6 nitrogen and oxygen atoms in total. The van der Waals surface area contributed by atoms with Gasteiger partial charge in [0, 0.05) is 13.1 Å². The number of carbonyl (C=O) groups is 2. The van der Waals surface area contributed by atoms with Crippen LogP contribution in [0.2, 0.25) is 0 Å². The summed E-state index contributed by atoms with van der Waals surface area (Å²) in [6, 6.07) is 6.95. The number of primary amides is 1. The molecule has 1 saturated heterocycles. The molecule has 20 heavy (non-hydrogen) atoms. The molecule has 1 heterocycles. The van der Waals surface area contributed by atoms with Gasteiger partial charge in [0.05, 0.1) is 19.6 Å². The molecule has 1 atom stereocenters. The lowest BCUT2D eigenvalue weighted by Gasteiger charge is -2.33. The zero-order valence-corrected chi connectivity index (χ0v) is 11.1. The van der Waals surface area contributed by atoms with Crippen LogP contribution in [0.5, 0.6) is 0 Å². The lowest BCUT2D eigenvalue weighted by molar-refractivity contribution is -0.136. The highest BCUT2D eigenvalue weighted by atomic mass is 16.5. The summed E-state index contributed by atoms with van der Waals surface area (Å²) in [5.41, 5.74) is 7.14. The van der Waals surface area contributed by atoms with E-state index in [4.69, 9.17) is 15.6 Å². The van der Waals surface area contributed by atoms with Gasteiger partial charge in [0.1, 0.15) is 6.04 Å². The topological polar surface area (TPSA) is 92.9 Å². The molecule has 1 aromatic rings. The van der Waals surface area contributed by atoms with E-state index in [9.17, 15) is 9.59 Å². The van der Waals surface area contributed by atoms with Crippen molar-refractivity contribution in [1.29, 1.82) is 0 Å². The molecule has 0 aliphatic carbocycles. The molecular weight excluding hydrogens is 260 g/mol. The summed E-state index contributed by atoms with van der Waals surface area (Å²) >= 11 is 0. The summed E-state index contributed by atoms with van der Waals surface area (Å²) in [5, 5.41) is 8.72. The van der Waals surface area contributed by atoms with E-state index >= 15 is 0 Å². The van der Waals surface area contributed by atoms with Crippen molar-refractivity contribution in [3.63, 3.8) is 0 Å². The molecular formula is C14H18N2O4. The highest BCUT2D eigenvalue weighted by Gasteiger charge is 2.27. The predicted molar refractivity (Wildman–Crippen MR) is 72.0 cm³/mol. The molecule has 1 fully saturated rings. The maximum absolute atomic E-state index is 11.4. The van der Waals surface area contributed by atoms with Gasteiger partial charge in [-0.3, -0.25) is 14.5 Å². The van der Waals surface area contributed by atoms with Crippen LogP contribution in [0, 0.1) is 0 Å². The number of carbonyl (C=O) groups excluding carboxylic acids is 1. The Hall–Kier alpha value is -1.92. The standard InChI is InChI=1S/C14H18N2O4/c15-14(19)12-9-20-6-5-16(12)8-11-3-1-10(2-4-11)7-13(17)18/h1-4,12H,5-9H2,(H2,15,19)(H,17,18). The van der Waals surface area contributed by atoms with Gasteiger partial charge in [-0.15, -0.1) is 0 Å². The number of rotatable bonds is 5. The van der Waals surface area contributed by atoms with Crippen molar-refractivity contribution < 1.29 is 19.4 Å². The highest BCUT2D eigenvalue weighted by molar-refractivity contribution is 5.80. The van der Waals surface area contributed by atoms with Crippen LogP contribution in [0.15, 0.2) is 24.3 Å². The van der Waals surface area contributed by atoms with E-state index in [-0.39, 0.29) is 12.3 Å². The molecule has 0 aromatic heterocycles. The number of amides is 1. The Morgan fingerprint density at radius 2 is 1.95 bits per heavy atom. The first-order valence-corrected chi connectivity index (χ1v) is 6.47. The minimum Gasteiger partial charge on any atom is -0.481 e. The van der Waals surface area contributed by atoms with Crippen molar-refractivity contribution in [2.24, 2.45) is 5.73 Å². The van der Waals surface area contributed by atoms with E-state index in [0.717, 1.165) is 11.1 Å². The first kappa shape index (κ1) is 14.5. The van der Waals surface area contributed by atoms with Gasteiger partial charge < -0.3 is 15.6 Å². The minimum atomic E-state index is -0.847. The Labute approximate surface area is 117 Å². The molecule has 0 bridgehead atoms. The van der Waals surface area contributed by atoms with E-state index in [0.29, 0.717) is 26.3 Å². The molecule has 0 saturated carbocycles. The fraction of sp³-hybridized carbons (Fsp3) is 0.429. The van der Waals surface area contributed by atoms with Crippen molar-refractivity contribution in [3.8, 4) is 0 Å². The monoisotopic (exact) mass is 278 g/mol. The van der Waals surface area contributed by atoms with Crippen LogP contribution < -0.4 is 5.73 Å². The molecule has 1 unspecified atom stereocenters. The van der Waals surface area contributed by atoms with Crippen LogP contribution in [-0.2, 0) is 27.3 Å². The second-order valence-corrected chi connectivity index (χ2v) is 4.85. The number of hydrogen-bond acceptors (Lipinski definition) is 4. The second-order valence-electron chi connectivity index (χ2n) is 4.85. The number of nitrogens with two attached hydrogens (primary N) is 1. The Kier molecular flexibility index (Phi) is 4.70. The van der Waals surface area contributed by atoms with E-state index in [2.05, 4.69) is 0 Å². The lowest BCUT2D eigenvalue weighted by Crippen LogP contribution is -2.51. The van der Waals surface area contributed by atoms with Gasteiger partial charge in [0.25, 0.3) is 0 Å². The second kappa shape index (κ2) is 6.49. The predicted octanol–water partition coefficient (Wildman–Crippen LogP) is -0.000200. The highest BCUT2D eigenvalue weighted by Crippen LogP contribution is 2.13. The van der Waals surface area contributed by atoms with Gasteiger partial charge >= 0.3 is 5.97 Å². The number of benzene rings is 1. The molecule has 0 radical (unpaired) electrons. The maximum Gasteiger partial charge on any atom is 0.307 e. The molecule has 1 aromatic carbocycles. The first-order valence-electron chi connectivity index (χ1n) is 6.47. The van der Waals surface area contributed by atoms with Crippen molar-refractivity contribution in [2.75, 3.05) is 19.8 Å². The Balaban J connectivity index is 2.01. The van der Waals surface area contributed by atoms with Crippen LogP contribution in [0.1, 0.15) is 11.1 Å². The van der Waals surface area contributed by atoms with Crippen molar-refractivity contribution >= 4 is 11.9 Å². The number of nitrogens with zero attached hydrogens (tertiary/aromatic N) is 1. The van der Waals surface area contributed by atoms with Gasteiger partial charge in [-0.05, 0) is 11.1 Å². The quantitative estimate of drug-likeness (QED) is 0.791. The van der Waals surface area contributed by atoms with E-state index in [1.165, 1.54) is 0 Å². The summed E-state index contributed by atoms with van der Waals surface area (Å²) in [6.07, 6.45) is 0.0156. The fourth-order valence-corrected chi connectivity index (χ4v) is 2.26. The third-order valence-electron chi connectivity index (χ3n) is 3.33. The Morgan fingerprint density at radius 1 is 1.30 bits per heavy atom. The summed E-state index contributed by atoms with van der Waals surface area (Å²) in [4.78, 5) is 24.0. The molecule has 0 spiro atoms. The molecule has 1 amide bonds. The van der Waals surface area contributed by atoms with E-state index in [1.807, 2.05) is 17.0 Å². The van der Waals surface area contributed by atoms with Crippen molar-refractivity contribution in [1.82, 2.24) is 4.90 Å². The molecule has 3 N–H and O–H groups in total. The summed E-state index contributed by atoms with van der Waals surface area (Å²) in [7, 11) is 0. The number of carboxylic acids is 1. The smallest absolute Gasteiger partial charge is 0.307 e. The van der Waals surface area contributed by atoms with Gasteiger partial charge in [-0.2, -0.15) is 0 Å². The third kappa shape index (κ3) is 3.79. The van der Waals surface area contributed by atoms with Crippen LogP contribution in [0.25, 0.3) is 0 Å². The number of carboxylic acid groups (broad SMARTS) is 1. The minimum absolute atomic E-state index is 0.0156. The largest absolute Gasteiger partial charge is 0.481 e. The summed E-state index contributed by atoms with van der Waals surface area (Å²) in [5.74, 6) is -1.23. The van der Waals surface area contributed by atoms with Crippen LogP contribution in [0.3, 0.4) is 0 Å². The molecule has 108 valence electrons. The van der Waals surface area contributed by atoms with Crippen LogP contribution >= 0.6 is 0 Å². The van der Waals surface area contributed by atoms with Gasteiger partial charge in [0.15, 0.2) is 0 Å². The molecule has 2 rings (SSSR count). The Bertz CT molecular complexity index is 486. The van der Waals surface area contributed by atoms with Gasteiger partial charge in [-0.1, -0.05) is 24.3 Å². The number of hydrogen-bond donors (Lipinski definition) is 2. The Morgan fingerprint density at radius 3 is 2.55 bits per heavy atom. The van der Waals surface area contributed by atoms with Crippen molar-refractivity contribution in [2.45, 2.75) is 19.0 Å². The first-order chi connectivity index (χ1) is 9.56. The lowest BCUT2D eigenvalue weighted by atomic mass is 10.1. The summed E-state index contributed by atoms with van der Waals surface area (Å²) < 4.78 is 5.27. The number of ether oxygens (including phenoxy) is 1. The molecule has 6 heteroatoms. The average Bonchev–Trinajstić information content (AvgIpc) is 2.41. The molecule has 1 aliphatic heterocycles. The van der Waals surface area contributed by atoms with E-state index < -0.39 is 12.0 Å². The van der Waals surface area contributed by atoms with Crippen LogP contribution in [-0.4, -0.2) is 47.7 Å². The normalized spacial score (nSPS) is 19.7. The van der Waals surface area contributed by atoms with E-state index in [1.54, 1.807) is 12.1 Å². The van der Waals surface area contributed by atoms with Crippen LogP contribution in [0.4, 0.5) is 0 Å². The number of morpholine rings is 1. The zero-order chi connectivity index (χ0) is 14.5. The SMILES string of the molecule is NC(=O)C1COCCN1Cc1ccc(CC(=O)O)cc1. The number of aliphatic carboxylic acids is 1. The molecule has 1 aliphatic rings. The fourth-order valence-electron chi connectivity index (χ4n) is 2.26. The average molecular weight is 278 g/mol. The van der Waals surface area contributed by atoms with Gasteiger partial charge in [0.2, 0.25) is 5.91 Å². The van der Waals surface area contributed by atoms with Gasteiger partial charge in [-0.25, -0.2) is 0 Å².